The van der Waals surface area contributed by atoms with E-state index in [9.17, 15) is 14.7 Å². The van der Waals surface area contributed by atoms with Crippen molar-refractivity contribution >= 4 is 24.0 Å². The van der Waals surface area contributed by atoms with Crippen LogP contribution in [0.2, 0.25) is 0 Å². The first-order chi connectivity index (χ1) is 17.9. The number of rotatable bonds is 7. The minimum atomic E-state index is -0.455. The Morgan fingerprint density at radius 3 is 2.65 bits per heavy atom. The van der Waals surface area contributed by atoms with Crippen LogP contribution in [0, 0.1) is 5.92 Å². The van der Waals surface area contributed by atoms with Crippen LogP contribution >= 0.6 is 0 Å². The van der Waals surface area contributed by atoms with Gasteiger partial charge in [0.25, 0.3) is 11.8 Å². The Balaban J connectivity index is 1.64. The molecule has 0 saturated carbocycles. The molecular formula is C28H31N5O4. The second-order valence-corrected chi connectivity index (χ2v) is 9.26. The van der Waals surface area contributed by atoms with Gasteiger partial charge in [0.2, 0.25) is 5.88 Å². The molecule has 192 valence electrons. The molecule has 1 N–H and O–H groups in total. The van der Waals surface area contributed by atoms with Gasteiger partial charge >= 0.3 is 0 Å². The molecule has 0 fully saturated rings. The number of carbonyl (C=O) groups is 2. The molecule has 1 aliphatic heterocycles. The number of pyridine rings is 1. The van der Waals surface area contributed by atoms with E-state index < -0.39 is 12.1 Å². The van der Waals surface area contributed by atoms with Gasteiger partial charge < -0.3 is 19.6 Å². The lowest BCUT2D eigenvalue weighted by molar-refractivity contribution is 0.0312. The van der Waals surface area contributed by atoms with Gasteiger partial charge in [-0.25, -0.2) is 9.97 Å². The van der Waals surface area contributed by atoms with E-state index in [-0.39, 0.29) is 42.5 Å². The van der Waals surface area contributed by atoms with Crippen molar-refractivity contribution in [3.05, 3.63) is 83.6 Å². The molecule has 0 bridgehead atoms. The fraction of sp³-hybridized carbons (Fsp3) is 0.321. The van der Waals surface area contributed by atoms with Crippen molar-refractivity contribution in [3.8, 4) is 5.88 Å². The van der Waals surface area contributed by atoms with E-state index in [4.69, 9.17) is 4.74 Å². The maximum absolute atomic E-state index is 13.6. The first-order valence-electron chi connectivity index (χ1n) is 12.2. The van der Waals surface area contributed by atoms with Gasteiger partial charge in [0.05, 0.1) is 25.4 Å². The molecule has 37 heavy (non-hydrogen) atoms. The molecule has 3 aromatic rings. The summed E-state index contributed by atoms with van der Waals surface area (Å²) in [6.07, 6.45) is 9.45. The smallest absolute Gasteiger partial charge is 0.273 e. The Morgan fingerprint density at radius 1 is 1.19 bits per heavy atom. The molecule has 9 heteroatoms. The van der Waals surface area contributed by atoms with Gasteiger partial charge in [-0.1, -0.05) is 49.4 Å². The number of carbonyl (C=O) groups excluding carboxylic acids is 2. The summed E-state index contributed by atoms with van der Waals surface area (Å²) in [7, 11) is 1.68. The van der Waals surface area contributed by atoms with E-state index in [1.54, 1.807) is 31.1 Å². The van der Waals surface area contributed by atoms with Crippen LogP contribution in [0.15, 0.2) is 61.2 Å². The van der Waals surface area contributed by atoms with E-state index in [2.05, 4.69) is 15.0 Å². The molecule has 1 aliphatic rings. The van der Waals surface area contributed by atoms with E-state index >= 15 is 0 Å². The molecule has 4 rings (SSSR count). The second kappa shape index (κ2) is 11.7. The highest BCUT2D eigenvalue weighted by atomic mass is 16.5. The Labute approximate surface area is 216 Å². The molecule has 3 atom stereocenters. The summed E-state index contributed by atoms with van der Waals surface area (Å²) < 4.78 is 6.28. The Bertz CT molecular complexity index is 1250. The number of aliphatic hydroxyl groups is 1. The van der Waals surface area contributed by atoms with E-state index in [1.165, 1.54) is 23.5 Å². The standard InChI is InChI=1S/C28H31N5O4/c1-19-16-33(20(2)18-34)27(35)23-13-22(10-9-21-7-5-4-6-8-21)14-31-26(23)37-25(19)17-32(3)28(36)24-15-29-11-12-30-24/h4-15,19-20,25,34H,16-18H2,1-3H3/b10-9+/t19-,20-,25-/m1/s1. The second-order valence-electron chi connectivity index (χ2n) is 9.26. The fourth-order valence-electron chi connectivity index (χ4n) is 4.14. The van der Waals surface area contributed by atoms with Gasteiger partial charge in [0.1, 0.15) is 17.4 Å². The van der Waals surface area contributed by atoms with Gasteiger partial charge in [-0.2, -0.15) is 0 Å². The average molecular weight is 502 g/mol. The first kappa shape index (κ1) is 26.0. The monoisotopic (exact) mass is 501 g/mol. The van der Waals surface area contributed by atoms with E-state index in [0.717, 1.165) is 11.1 Å². The Kier molecular flexibility index (Phi) is 8.25. The average Bonchev–Trinajstić information content (AvgIpc) is 2.94. The number of ether oxygens (including phenoxy) is 1. The number of nitrogens with zero attached hydrogens (tertiary/aromatic N) is 5. The highest BCUT2D eigenvalue weighted by molar-refractivity contribution is 5.97. The molecule has 1 aromatic carbocycles. The molecule has 2 amide bonds. The molecule has 0 radical (unpaired) electrons. The fourth-order valence-corrected chi connectivity index (χ4v) is 4.14. The third kappa shape index (κ3) is 6.18. The third-order valence-corrected chi connectivity index (χ3v) is 6.39. The number of fused-ring (bicyclic) bond motifs is 1. The van der Waals surface area contributed by atoms with Crippen LogP contribution in [-0.4, -0.2) is 80.6 Å². The van der Waals surface area contributed by atoms with Crippen molar-refractivity contribution in [2.75, 3.05) is 26.7 Å². The summed E-state index contributed by atoms with van der Waals surface area (Å²) in [5, 5.41) is 9.86. The quantitative estimate of drug-likeness (QED) is 0.530. The number of likely N-dealkylation sites (N-methyl/N-ethyl adjacent to an activating group) is 1. The molecule has 3 heterocycles. The molecular weight excluding hydrogens is 470 g/mol. The first-order valence-corrected chi connectivity index (χ1v) is 12.2. The van der Waals surface area contributed by atoms with Gasteiger partial charge in [0, 0.05) is 38.1 Å². The number of hydrogen-bond donors (Lipinski definition) is 1. The molecule has 2 aromatic heterocycles. The molecule has 9 nitrogen and oxygen atoms in total. The van der Waals surface area contributed by atoms with Crippen LogP contribution in [0.4, 0.5) is 0 Å². The van der Waals surface area contributed by atoms with Crippen LogP contribution in [0.25, 0.3) is 12.2 Å². The van der Waals surface area contributed by atoms with Crippen LogP contribution in [-0.2, 0) is 0 Å². The summed E-state index contributed by atoms with van der Waals surface area (Å²) >= 11 is 0. The van der Waals surface area contributed by atoms with Crippen LogP contribution < -0.4 is 4.74 Å². The minimum Gasteiger partial charge on any atom is -0.472 e. The lowest BCUT2D eigenvalue weighted by Crippen LogP contribution is -2.50. The predicted molar refractivity (Wildman–Crippen MR) is 140 cm³/mol. The lowest BCUT2D eigenvalue weighted by Gasteiger charge is -2.37. The number of benzene rings is 1. The highest BCUT2D eigenvalue weighted by Crippen LogP contribution is 2.28. The van der Waals surface area contributed by atoms with Crippen molar-refractivity contribution in [2.24, 2.45) is 5.92 Å². The third-order valence-electron chi connectivity index (χ3n) is 6.39. The van der Waals surface area contributed by atoms with Gasteiger partial charge in [-0.05, 0) is 24.1 Å². The van der Waals surface area contributed by atoms with Crippen molar-refractivity contribution in [3.63, 3.8) is 0 Å². The maximum Gasteiger partial charge on any atom is 0.273 e. The largest absolute Gasteiger partial charge is 0.472 e. The zero-order valence-electron chi connectivity index (χ0n) is 21.2. The summed E-state index contributed by atoms with van der Waals surface area (Å²) in [6, 6.07) is 11.2. The van der Waals surface area contributed by atoms with Gasteiger partial charge in [0.15, 0.2) is 0 Å². The van der Waals surface area contributed by atoms with Crippen molar-refractivity contribution in [1.82, 2.24) is 24.8 Å². The lowest BCUT2D eigenvalue weighted by atomic mass is 9.99. The topological polar surface area (TPSA) is 109 Å². The van der Waals surface area contributed by atoms with Crippen LogP contribution in [0.3, 0.4) is 0 Å². The van der Waals surface area contributed by atoms with Gasteiger partial charge in [-0.15, -0.1) is 0 Å². The summed E-state index contributed by atoms with van der Waals surface area (Å²) in [6.45, 7) is 4.19. The number of hydrogen-bond acceptors (Lipinski definition) is 7. The van der Waals surface area contributed by atoms with Crippen molar-refractivity contribution < 1.29 is 19.4 Å². The summed E-state index contributed by atoms with van der Waals surface area (Å²) in [5.74, 6) is -0.484. The predicted octanol–water partition coefficient (Wildman–Crippen LogP) is 3.03. The van der Waals surface area contributed by atoms with Crippen LogP contribution in [0.1, 0.15) is 45.8 Å². The van der Waals surface area contributed by atoms with Crippen molar-refractivity contribution in [2.45, 2.75) is 26.0 Å². The number of aliphatic hydroxyl groups excluding tert-OH is 1. The molecule has 0 spiro atoms. The zero-order chi connectivity index (χ0) is 26.4. The maximum atomic E-state index is 13.6. The summed E-state index contributed by atoms with van der Waals surface area (Å²) in [4.78, 5) is 42.2. The normalized spacial score (nSPS) is 18.5. The molecule has 0 aliphatic carbocycles. The number of amides is 2. The molecule has 0 unspecified atom stereocenters. The van der Waals surface area contributed by atoms with Crippen molar-refractivity contribution in [1.29, 1.82) is 0 Å². The van der Waals surface area contributed by atoms with E-state index in [0.29, 0.717) is 12.1 Å². The highest BCUT2D eigenvalue weighted by Gasteiger charge is 2.34. The summed E-state index contributed by atoms with van der Waals surface area (Å²) in [5.41, 5.74) is 2.33. The minimum absolute atomic E-state index is 0.150. The number of aromatic nitrogens is 3. The molecule has 0 saturated heterocycles. The Hall–Kier alpha value is -4.11. The van der Waals surface area contributed by atoms with Crippen LogP contribution in [0.5, 0.6) is 5.88 Å². The zero-order valence-corrected chi connectivity index (χ0v) is 21.2. The van der Waals surface area contributed by atoms with Gasteiger partial charge in [-0.3, -0.25) is 14.6 Å². The Morgan fingerprint density at radius 2 is 1.95 bits per heavy atom. The SMILES string of the molecule is C[C@@H]1CN([C@H](C)CO)C(=O)c2cc(/C=C/c3ccccc3)cnc2O[C@@H]1CN(C)C(=O)c1cnccn1. The van der Waals surface area contributed by atoms with E-state index in [1.807, 2.05) is 49.4 Å².